The molecule has 0 aliphatic heterocycles. The van der Waals surface area contributed by atoms with Crippen molar-refractivity contribution in [3.8, 4) is 0 Å². The quantitative estimate of drug-likeness (QED) is 0.637. The molecule has 4 heteroatoms. The Balaban J connectivity index is 1.69. The molecule has 2 aliphatic carbocycles. The summed E-state index contributed by atoms with van der Waals surface area (Å²) >= 11 is 6.14. The highest BCUT2D eigenvalue weighted by molar-refractivity contribution is 6.31. The molecule has 1 heterocycles. The molecular formula is C13H18ClN3. The Morgan fingerprint density at radius 2 is 2.24 bits per heavy atom. The third-order valence-corrected chi connectivity index (χ3v) is 4.79. The Labute approximate surface area is 107 Å². The van der Waals surface area contributed by atoms with Crippen molar-refractivity contribution in [3.05, 3.63) is 29.0 Å². The van der Waals surface area contributed by atoms with Crippen molar-refractivity contribution in [3.63, 3.8) is 0 Å². The number of pyridine rings is 1. The molecule has 0 amide bonds. The number of hydrazine groups is 1. The van der Waals surface area contributed by atoms with Gasteiger partial charge in [0.25, 0.3) is 0 Å². The molecule has 0 saturated heterocycles. The molecule has 0 aromatic carbocycles. The zero-order valence-electron chi connectivity index (χ0n) is 9.77. The Morgan fingerprint density at radius 3 is 2.88 bits per heavy atom. The maximum Gasteiger partial charge on any atom is 0.0621 e. The average Bonchev–Trinajstić information content (AvgIpc) is 2.82. The van der Waals surface area contributed by atoms with E-state index in [2.05, 4.69) is 10.4 Å². The summed E-state index contributed by atoms with van der Waals surface area (Å²) in [6.07, 6.45) is 8.59. The Hall–Kier alpha value is -0.640. The van der Waals surface area contributed by atoms with Gasteiger partial charge in [-0.15, -0.1) is 0 Å². The van der Waals surface area contributed by atoms with E-state index >= 15 is 0 Å². The summed E-state index contributed by atoms with van der Waals surface area (Å²) in [4.78, 5) is 4.01. The van der Waals surface area contributed by atoms with Crippen LogP contribution in [0.1, 0.15) is 24.8 Å². The molecule has 0 bridgehead atoms. The fraction of sp³-hybridized carbons (Fsp3) is 0.615. The molecule has 1 aromatic rings. The van der Waals surface area contributed by atoms with Gasteiger partial charge >= 0.3 is 0 Å². The summed E-state index contributed by atoms with van der Waals surface area (Å²) in [5.41, 5.74) is 4.14. The van der Waals surface area contributed by atoms with E-state index in [4.69, 9.17) is 17.4 Å². The summed E-state index contributed by atoms with van der Waals surface area (Å²) in [6, 6.07) is 2.36. The van der Waals surface area contributed by atoms with Crippen LogP contribution in [-0.2, 0) is 6.42 Å². The van der Waals surface area contributed by atoms with Gasteiger partial charge in [0.15, 0.2) is 0 Å². The van der Waals surface area contributed by atoms with E-state index in [9.17, 15) is 0 Å². The third-order valence-electron chi connectivity index (χ3n) is 4.45. The second-order valence-electron chi connectivity index (χ2n) is 5.28. The van der Waals surface area contributed by atoms with E-state index in [1.54, 1.807) is 12.4 Å². The molecule has 0 radical (unpaired) electrons. The maximum atomic E-state index is 6.14. The lowest BCUT2D eigenvalue weighted by molar-refractivity contribution is 0.410. The van der Waals surface area contributed by atoms with Crippen LogP contribution in [0.4, 0.5) is 0 Å². The van der Waals surface area contributed by atoms with Gasteiger partial charge in [-0.25, -0.2) is 0 Å². The Kier molecular flexibility index (Phi) is 3.07. The highest BCUT2D eigenvalue weighted by atomic mass is 35.5. The maximum absolute atomic E-state index is 6.14. The lowest BCUT2D eigenvalue weighted by atomic mass is 9.98. The topological polar surface area (TPSA) is 50.9 Å². The first-order valence-electron chi connectivity index (χ1n) is 6.36. The van der Waals surface area contributed by atoms with E-state index in [0.29, 0.717) is 6.04 Å². The molecule has 3 rings (SSSR count). The molecule has 3 N–H and O–H groups in total. The highest BCUT2D eigenvalue weighted by Crippen LogP contribution is 2.59. The van der Waals surface area contributed by atoms with Crippen LogP contribution in [0.3, 0.4) is 0 Å². The molecule has 92 valence electrons. The van der Waals surface area contributed by atoms with E-state index in [1.807, 2.05) is 6.07 Å². The van der Waals surface area contributed by atoms with Crippen molar-refractivity contribution in [2.75, 3.05) is 0 Å². The van der Waals surface area contributed by atoms with Gasteiger partial charge in [-0.3, -0.25) is 16.3 Å². The Bertz CT molecular complexity index is 399. The zero-order valence-corrected chi connectivity index (χ0v) is 10.5. The number of rotatable bonds is 4. The number of nitrogens with one attached hydrogen (secondary N) is 1. The van der Waals surface area contributed by atoms with Gasteiger partial charge in [0.2, 0.25) is 0 Å². The standard InChI is InChI=1S/C13H18ClN3/c14-11-7-16-5-4-8(11)6-12(17-15)13-9-2-1-3-10(9)13/h4-5,7,9-10,12-13,17H,1-3,6,15H2. The highest BCUT2D eigenvalue weighted by Gasteiger charge is 2.55. The van der Waals surface area contributed by atoms with Gasteiger partial charge in [-0.1, -0.05) is 18.0 Å². The lowest BCUT2D eigenvalue weighted by Gasteiger charge is -2.18. The largest absolute Gasteiger partial charge is 0.271 e. The van der Waals surface area contributed by atoms with Gasteiger partial charge < -0.3 is 0 Å². The first kappa shape index (κ1) is 11.5. The van der Waals surface area contributed by atoms with Gasteiger partial charge in [-0.2, -0.15) is 0 Å². The Morgan fingerprint density at radius 1 is 1.47 bits per heavy atom. The summed E-state index contributed by atoms with van der Waals surface area (Å²) in [7, 11) is 0. The summed E-state index contributed by atoms with van der Waals surface area (Å²) in [6.45, 7) is 0. The van der Waals surface area contributed by atoms with Gasteiger partial charge in [0.05, 0.1) is 5.02 Å². The predicted octanol–water partition coefficient (Wildman–Crippen LogP) is 2.16. The SMILES string of the molecule is NNC(Cc1ccncc1Cl)C1C2CCCC21. The molecule has 3 unspecified atom stereocenters. The minimum atomic E-state index is 0.366. The molecule has 0 spiro atoms. The van der Waals surface area contributed by atoms with Crippen LogP contribution in [0.25, 0.3) is 0 Å². The van der Waals surface area contributed by atoms with Crippen molar-refractivity contribution in [2.24, 2.45) is 23.6 Å². The van der Waals surface area contributed by atoms with Gasteiger partial charge in [0.1, 0.15) is 0 Å². The van der Waals surface area contributed by atoms with Crippen molar-refractivity contribution >= 4 is 11.6 Å². The number of aromatic nitrogens is 1. The first-order chi connectivity index (χ1) is 8.31. The molecule has 3 atom stereocenters. The van der Waals surface area contributed by atoms with E-state index in [-0.39, 0.29) is 0 Å². The minimum Gasteiger partial charge on any atom is -0.271 e. The third kappa shape index (κ3) is 2.07. The van der Waals surface area contributed by atoms with Crippen LogP contribution in [0.2, 0.25) is 5.02 Å². The van der Waals surface area contributed by atoms with Crippen LogP contribution < -0.4 is 11.3 Å². The monoisotopic (exact) mass is 251 g/mol. The summed E-state index contributed by atoms with van der Waals surface area (Å²) in [5, 5.41) is 0.749. The summed E-state index contributed by atoms with van der Waals surface area (Å²) in [5.74, 6) is 8.30. The van der Waals surface area contributed by atoms with E-state index in [0.717, 1.165) is 34.8 Å². The smallest absolute Gasteiger partial charge is 0.0621 e. The van der Waals surface area contributed by atoms with Crippen molar-refractivity contribution in [1.29, 1.82) is 0 Å². The normalized spacial score (nSPS) is 32.2. The van der Waals surface area contributed by atoms with E-state index in [1.165, 1.54) is 19.3 Å². The molecule has 17 heavy (non-hydrogen) atoms. The number of halogens is 1. The van der Waals surface area contributed by atoms with Crippen LogP contribution in [0.5, 0.6) is 0 Å². The number of hydrogen-bond acceptors (Lipinski definition) is 3. The number of fused-ring (bicyclic) bond motifs is 1. The molecule has 2 saturated carbocycles. The van der Waals surface area contributed by atoms with E-state index < -0.39 is 0 Å². The zero-order chi connectivity index (χ0) is 11.8. The number of nitrogens with zero attached hydrogens (tertiary/aromatic N) is 1. The first-order valence-corrected chi connectivity index (χ1v) is 6.73. The van der Waals surface area contributed by atoms with Crippen molar-refractivity contribution < 1.29 is 0 Å². The van der Waals surface area contributed by atoms with Gasteiger partial charge in [-0.05, 0) is 48.6 Å². The second-order valence-corrected chi connectivity index (χ2v) is 5.69. The molecule has 2 fully saturated rings. The van der Waals surface area contributed by atoms with Gasteiger partial charge in [0, 0.05) is 18.4 Å². The van der Waals surface area contributed by atoms with Crippen LogP contribution in [-0.4, -0.2) is 11.0 Å². The van der Waals surface area contributed by atoms with Crippen LogP contribution >= 0.6 is 11.6 Å². The molecule has 3 nitrogen and oxygen atoms in total. The van der Waals surface area contributed by atoms with Crippen LogP contribution in [0, 0.1) is 17.8 Å². The molecular weight excluding hydrogens is 234 g/mol. The fourth-order valence-corrected chi connectivity index (χ4v) is 3.78. The van der Waals surface area contributed by atoms with Crippen molar-refractivity contribution in [2.45, 2.75) is 31.7 Å². The minimum absolute atomic E-state index is 0.366. The fourth-order valence-electron chi connectivity index (χ4n) is 3.59. The number of nitrogens with two attached hydrogens (primary N) is 1. The number of hydrogen-bond donors (Lipinski definition) is 2. The predicted molar refractivity (Wildman–Crippen MR) is 68.4 cm³/mol. The molecule has 1 aromatic heterocycles. The van der Waals surface area contributed by atoms with Crippen molar-refractivity contribution in [1.82, 2.24) is 10.4 Å². The average molecular weight is 252 g/mol. The lowest BCUT2D eigenvalue weighted by Crippen LogP contribution is -2.39. The molecule has 2 aliphatic rings. The van der Waals surface area contributed by atoms with Crippen LogP contribution in [0.15, 0.2) is 18.5 Å². The second kappa shape index (κ2) is 4.56. The summed E-state index contributed by atoms with van der Waals surface area (Å²) < 4.78 is 0.